The van der Waals surface area contributed by atoms with Crippen LogP contribution in [0.15, 0.2) is 30.3 Å². The van der Waals surface area contributed by atoms with E-state index in [0.29, 0.717) is 13.0 Å². The van der Waals surface area contributed by atoms with Crippen LogP contribution in [0.3, 0.4) is 0 Å². The van der Waals surface area contributed by atoms with Gasteiger partial charge in [-0.15, -0.1) is 0 Å². The molecule has 0 unspecified atom stereocenters. The Kier molecular flexibility index (Phi) is 4.44. The number of likely N-dealkylation sites (tertiary alicyclic amines) is 1. The van der Waals surface area contributed by atoms with Gasteiger partial charge in [-0.1, -0.05) is 30.3 Å². The van der Waals surface area contributed by atoms with E-state index < -0.39 is 12.1 Å². The Balaban J connectivity index is 1.90. The first-order valence-electron chi connectivity index (χ1n) is 6.27. The van der Waals surface area contributed by atoms with Gasteiger partial charge in [0.15, 0.2) is 0 Å². The summed E-state index contributed by atoms with van der Waals surface area (Å²) in [5, 5.41) is 0. The number of benzene rings is 1. The molecule has 1 atom stereocenters. The van der Waals surface area contributed by atoms with Crippen molar-refractivity contribution >= 4 is 20.1 Å². The molecule has 0 spiro atoms. The maximum Gasteiger partial charge on any atom is 0.410 e. The lowest BCUT2D eigenvalue weighted by molar-refractivity contribution is -0.138. The summed E-state index contributed by atoms with van der Waals surface area (Å²) in [4.78, 5) is 24.9. The van der Waals surface area contributed by atoms with Crippen LogP contribution in [0.2, 0.25) is 0 Å². The molecule has 1 amide bonds. The molecule has 1 fully saturated rings. The molecular formula is C13H16BNO4. The highest BCUT2D eigenvalue weighted by Gasteiger charge is 2.35. The first-order valence-corrected chi connectivity index (χ1v) is 6.27. The summed E-state index contributed by atoms with van der Waals surface area (Å²) < 4.78 is 9.91. The van der Waals surface area contributed by atoms with Crippen LogP contribution in [-0.4, -0.2) is 37.6 Å². The molecule has 0 bridgehead atoms. The van der Waals surface area contributed by atoms with E-state index in [9.17, 15) is 9.59 Å². The fourth-order valence-corrected chi connectivity index (χ4v) is 2.17. The van der Waals surface area contributed by atoms with Crippen molar-refractivity contribution in [2.24, 2.45) is 0 Å². The van der Waals surface area contributed by atoms with Gasteiger partial charge >= 0.3 is 20.1 Å². The number of hydrogen-bond donors (Lipinski definition) is 0. The van der Waals surface area contributed by atoms with Crippen LogP contribution in [-0.2, 0) is 20.8 Å². The molecule has 2 rings (SSSR count). The molecule has 6 heteroatoms. The highest BCUT2D eigenvalue weighted by molar-refractivity contribution is 6.06. The molecule has 0 N–H and O–H groups in total. The quantitative estimate of drug-likeness (QED) is 0.758. The van der Waals surface area contributed by atoms with Gasteiger partial charge in [-0.3, -0.25) is 9.69 Å². The van der Waals surface area contributed by atoms with E-state index in [-0.39, 0.29) is 12.6 Å². The monoisotopic (exact) mass is 261 g/mol. The third-order valence-electron chi connectivity index (χ3n) is 3.17. The smallest absolute Gasteiger partial charge is 0.410 e. The zero-order valence-corrected chi connectivity index (χ0v) is 10.9. The van der Waals surface area contributed by atoms with Crippen molar-refractivity contribution in [2.75, 3.05) is 6.54 Å². The maximum atomic E-state index is 11.9. The lowest BCUT2D eigenvalue weighted by Gasteiger charge is -2.22. The highest BCUT2D eigenvalue weighted by atomic mass is 16.6. The molecule has 100 valence electrons. The van der Waals surface area contributed by atoms with Gasteiger partial charge in [-0.05, 0) is 18.4 Å². The van der Waals surface area contributed by atoms with E-state index in [0.717, 1.165) is 12.0 Å². The van der Waals surface area contributed by atoms with Crippen molar-refractivity contribution < 1.29 is 19.0 Å². The molecule has 19 heavy (non-hydrogen) atoms. The Morgan fingerprint density at radius 3 is 2.74 bits per heavy atom. The number of amides is 1. The van der Waals surface area contributed by atoms with Crippen molar-refractivity contribution in [1.82, 2.24) is 4.90 Å². The minimum absolute atomic E-state index is 0.212. The molecule has 1 aliphatic heterocycles. The fraction of sp³-hybridized carbons (Fsp3) is 0.385. The average Bonchev–Trinajstić information content (AvgIpc) is 2.94. The van der Waals surface area contributed by atoms with Crippen LogP contribution < -0.4 is 0 Å². The van der Waals surface area contributed by atoms with Gasteiger partial charge in [0.05, 0.1) is 0 Å². The van der Waals surface area contributed by atoms with E-state index in [2.05, 4.69) is 4.65 Å². The van der Waals surface area contributed by atoms with E-state index in [4.69, 9.17) is 4.74 Å². The van der Waals surface area contributed by atoms with Gasteiger partial charge < -0.3 is 9.39 Å². The number of carbonyl (C=O) groups excluding carboxylic acids is 2. The van der Waals surface area contributed by atoms with Gasteiger partial charge in [-0.2, -0.15) is 0 Å². The summed E-state index contributed by atoms with van der Waals surface area (Å²) in [5.74, 6) is -0.380. The molecule has 0 radical (unpaired) electrons. The average molecular weight is 261 g/mol. The zero-order valence-electron chi connectivity index (χ0n) is 10.9. The fourth-order valence-electron chi connectivity index (χ4n) is 2.17. The van der Waals surface area contributed by atoms with Crippen LogP contribution >= 0.6 is 0 Å². The minimum atomic E-state index is -0.506. The Morgan fingerprint density at radius 1 is 1.32 bits per heavy atom. The summed E-state index contributed by atoms with van der Waals surface area (Å²) in [7, 11) is 1.33. The molecule has 5 nitrogen and oxygen atoms in total. The van der Waals surface area contributed by atoms with Crippen molar-refractivity contribution in [3.8, 4) is 0 Å². The number of ether oxygens (including phenoxy) is 1. The molecule has 1 aromatic rings. The van der Waals surface area contributed by atoms with E-state index in [1.165, 1.54) is 12.9 Å². The minimum Gasteiger partial charge on any atom is -0.542 e. The van der Waals surface area contributed by atoms with E-state index in [1.807, 2.05) is 30.3 Å². The number of nitrogens with zero attached hydrogens (tertiary/aromatic N) is 1. The third kappa shape index (κ3) is 3.27. The van der Waals surface area contributed by atoms with Gasteiger partial charge in [0.25, 0.3) is 0 Å². The predicted molar refractivity (Wildman–Crippen MR) is 71.0 cm³/mol. The summed E-state index contributed by atoms with van der Waals surface area (Å²) in [6.07, 6.45) is 0.963. The second-order valence-electron chi connectivity index (χ2n) is 4.41. The Hall–Kier alpha value is -1.98. The summed E-state index contributed by atoms with van der Waals surface area (Å²) in [6.45, 7) is 0.747. The molecule has 1 saturated heterocycles. The van der Waals surface area contributed by atoms with Crippen molar-refractivity contribution in [3.05, 3.63) is 35.9 Å². The topological polar surface area (TPSA) is 55.8 Å². The summed E-state index contributed by atoms with van der Waals surface area (Å²) in [6, 6.07) is 8.93. The number of carbonyl (C=O) groups is 2. The standard InChI is InChI=1S/C13H16BNO4/c14-19-12(16)11-7-4-8-15(11)13(17)18-9-10-5-2-1-3-6-10/h1-3,5-6,11H,4,7-9,14H2/t11-/m1/s1. The Bertz CT molecular complexity index is 451. The second kappa shape index (κ2) is 6.27. The van der Waals surface area contributed by atoms with Crippen LogP contribution in [0.1, 0.15) is 18.4 Å². The van der Waals surface area contributed by atoms with Gasteiger partial charge in [0, 0.05) is 6.54 Å². The Morgan fingerprint density at radius 2 is 2.05 bits per heavy atom. The lowest BCUT2D eigenvalue weighted by atomic mass is 10.2. The van der Waals surface area contributed by atoms with Crippen molar-refractivity contribution in [1.29, 1.82) is 0 Å². The van der Waals surface area contributed by atoms with E-state index in [1.54, 1.807) is 0 Å². The van der Waals surface area contributed by atoms with Crippen LogP contribution in [0.25, 0.3) is 0 Å². The molecule has 0 aromatic heterocycles. The molecule has 1 aromatic carbocycles. The maximum absolute atomic E-state index is 11.9. The van der Waals surface area contributed by atoms with Crippen LogP contribution in [0.4, 0.5) is 4.79 Å². The van der Waals surface area contributed by atoms with Gasteiger partial charge in [0.2, 0.25) is 0 Å². The molecule has 0 aliphatic carbocycles. The van der Waals surface area contributed by atoms with Gasteiger partial charge in [0.1, 0.15) is 12.6 Å². The van der Waals surface area contributed by atoms with E-state index >= 15 is 0 Å². The number of hydrogen-bond acceptors (Lipinski definition) is 4. The summed E-state index contributed by atoms with van der Waals surface area (Å²) in [5.41, 5.74) is 0.921. The lowest BCUT2D eigenvalue weighted by Crippen LogP contribution is -2.41. The third-order valence-corrected chi connectivity index (χ3v) is 3.17. The van der Waals surface area contributed by atoms with Crippen molar-refractivity contribution in [2.45, 2.75) is 25.5 Å². The Labute approximate surface area is 112 Å². The largest absolute Gasteiger partial charge is 0.542 e. The molecule has 1 aliphatic rings. The zero-order chi connectivity index (χ0) is 13.7. The normalized spacial score (nSPS) is 18.1. The molecule has 0 saturated carbocycles. The summed E-state index contributed by atoms with van der Waals surface area (Å²) >= 11 is 0. The predicted octanol–water partition coefficient (Wildman–Crippen LogP) is 0.879. The SMILES string of the molecule is BOC(=O)[C@H]1CCCN1C(=O)OCc1ccccc1. The molecular weight excluding hydrogens is 245 g/mol. The highest BCUT2D eigenvalue weighted by Crippen LogP contribution is 2.19. The molecule has 1 heterocycles. The number of rotatable bonds is 3. The van der Waals surface area contributed by atoms with Crippen LogP contribution in [0.5, 0.6) is 0 Å². The first kappa shape index (κ1) is 13.5. The van der Waals surface area contributed by atoms with Gasteiger partial charge in [-0.25, -0.2) is 4.79 Å². The first-order chi connectivity index (χ1) is 9.22. The van der Waals surface area contributed by atoms with Crippen molar-refractivity contribution in [3.63, 3.8) is 0 Å². The second-order valence-corrected chi connectivity index (χ2v) is 4.41. The van der Waals surface area contributed by atoms with Crippen LogP contribution in [0, 0.1) is 0 Å².